The molecule has 0 aromatic carbocycles. The molecule has 0 aliphatic carbocycles. The van der Waals surface area contributed by atoms with Gasteiger partial charge < -0.3 is 19.7 Å². The molecule has 6 heteroatoms. The fourth-order valence-electron chi connectivity index (χ4n) is 3.07. The van der Waals surface area contributed by atoms with E-state index in [1.807, 2.05) is 18.8 Å². The van der Waals surface area contributed by atoms with Gasteiger partial charge in [-0.3, -0.25) is 4.99 Å². The number of rotatable bonds is 6. The van der Waals surface area contributed by atoms with Gasteiger partial charge in [0.05, 0.1) is 18.8 Å². The molecule has 2 rings (SSSR count). The van der Waals surface area contributed by atoms with Crippen molar-refractivity contribution in [3.63, 3.8) is 0 Å². The van der Waals surface area contributed by atoms with Gasteiger partial charge in [0.15, 0.2) is 5.96 Å². The molecule has 2 saturated heterocycles. The summed E-state index contributed by atoms with van der Waals surface area (Å²) in [5, 5.41) is 4.08. The Hall–Kier alpha value is -0.460. The molecule has 5 nitrogen and oxygen atoms in total. The molecule has 0 aromatic heterocycles. The van der Waals surface area contributed by atoms with Gasteiger partial charge >= 0.3 is 0 Å². The van der Waals surface area contributed by atoms with E-state index in [1.54, 1.807) is 0 Å². The lowest BCUT2D eigenvalue weighted by Gasteiger charge is -2.35. The van der Waals surface area contributed by atoms with Gasteiger partial charge in [0.25, 0.3) is 0 Å². The molecule has 2 unspecified atom stereocenters. The van der Waals surface area contributed by atoms with Crippen molar-refractivity contribution < 1.29 is 9.47 Å². The van der Waals surface area contributed by atoms with Crippen LogP contribution in [0.1, 0.15) is 39.0 Å². The Morgan fingerprint density at radius 2 is 2.13 bits per heavy atom. The molecule has 0 aromatic rings. The van der Waals surface area contributed by atoms with E-state index in [0.717, 1.165) is 58.1 Å². The summed E-state index contributed by atoms with van der Waals surface area (Å²) < 4.78 is 11.8. The van der Waals surface area contributed by atoms with E-state index in [-0.39, 0.29) is 0 Å². The van der Waals surface area contributed by atoms with Crippen LogP contribution in [0.4, 0.5) is 0 Å². The van der Waals surface area contributed by atoms with Crippen molar-refractivity contribution in [2.45, 2.75) is 56.5 Å². The van der Waals surface area contributed by atoms with E-state index >= 15 is 0 Å². The maximum Gasteiger partial charge on any atom is 0.193 e. The number of aliphatic imine (C=N–C) groups is 1. The molecule has 0 saturated carbocycles. The lowest BCUT2D eigenvalue weighted by Crippen LogP contribution is -2.48. The topological polar surface area (TPSA) is 46.1 Å². The summed E-state index contributed by atoms with van der Waals surface area (Å²) in [7, 11) is 1.87. The van der Waals surface area contributed by atoms with E-state index in [2.05, 4.69) is 28.4 Å². The molecule has 2 heterocycles. The number of piperidine rings is 1. The third-order valence-corrected chi connectivity index (χ3v) is 5.67. The van der Waals surface area contributed by atoms with Crippen molar-refractivity contribution in [2.24, 2.45) is 4.99 Å². The molecule has 1 N–H and O–H groups in total. The zero-order chi connectivity index (χ0) is 16.5. The molecule has 2 aliphatic heterocycles. The predicted molar refractivity (Wildman–Crippen MR) is 98.5 cm³/mol. The number of guanidine groups is 1. The highest BCUT2D eigenvalue weighted by atomic mass is 32.2. The summed E-state index contributed by atoms with van der Waals surface area (Å²) in [6, 6.07) is 0. The van der Waals surface area contributed by atoms with Gasteiger partial charge in [-0.05, 0) is 38.4 Å². The molecule has 23 heavy (non-hydrogen) atoms. The predicted octanol–water partition coefficient (Wildman–Crippen LogP) is 2.36. The number of nitrogens with one attached hydrogen (secondary N) is 1. The van der Waals surface area contributed by atoms with Crippen LogP contribution in [-0.2, 0) is 9.47 Å². The van der Waals surface area contributed by atoms with Gasteiger partial charge in [-0.25, -0.2) is 0 Å². The maximum atomic E-state index is 6.08. The third kappa shape index (κ3) is 6.51. The number of hydrogen-bond donors (Lipinski definition) is 1. The zero-order valence-corrected chi connectivity index (χ0v) is 15.7. The Kier molecular flexibility index (Phi) is 8.55. The van der Waals surface area contributed by atoms with Crippen molar-refractivity contribution in [2.75, 3.05) is 46.2 Å². The van der Waals surface area contributed by atoms with Gasteiger partial charge in [-0.2, -0.15) is 11.8 Å². The summed E-state index contributed by atoms with van der Waals surface area (Å²) >= 11 is 1.88. The summed E-state index contributed by atoms with van der Waals surface area (Å²) in [6.45, 7) is 6.90. The standard InChI is InChI=1S/C17H33N3O2S/c1-14(23-3)12-19-17(18-2)20-9-7-15(8-10-20)22-13-16-6-4-5-11-21-16/h14-16H,4-13H2,1-3H3,(H,18,19). The summed E-state index contributed by atoms with van der Waals surface area (Å²) in [6.07, 6.45) is 8.64. The summed E-state index contributed by atoms with van der Waals surface area (Å²) in [5.74, 6) is 1.03. The summed E-state index contributed by atoms with van der Waals surface area (Å²) in [5.41, 5.74) is 0. The minimum absolute atomic E-state index is 0.323. The second kappa shape index (κ2) is 10.4. The Balaban J connectivity index is 1.65. The van der Waals surface area contributed by atoms with Crippen LogP contribution in [0.15, 0.2) is 4.99 Å². The normalized spacial score (nSPS) is 25.4. The highest BCUT2D eigenvalue weighted by molar-refractivity contribution is 7.99. The molecule has 0 radical (unpaired) electrons. The van der Waals surface area contributed by atoms with Gasteiger partial charge in [-0.15, -0.1) is 0 Å². The molecule has 0 spiro atoms. The van der Waals surface area contributed by atoms with Crippen molar-refractivity contribution in [3.8, 4) is 0 Å². The quantitative estimate of drug-likeness (QED) is 0.592. The van der Waals surface area contributed by atoms with Gasteiger partial charge in [-0.1, -0.05) is 6.92 Å². The Bertz CT molecular complexity index is 354. The maximum absolute atomic E-state index is 6.08. The number of nitrogens with zero attached hydrogens (tertiary/aromatic N) is 2. The molecule has 134 valence electrons. The summed E-state index contributed by atoms with van der Waals surface area (Å²) in [4.78, 5) is 6.78. The van der Waals surface area contributed by atoms with Crippen molar-refractivity contribution in [1.82, 2.24) is 10.2 Å². The lowest BCUT2D eigenvalue weighted by molar-refractivity contribution is -0.0721. The number of likely N-dealkylation sites (tertiary alicyclic amines) is 1. The average Bonchev–Trinajstić information content (AvgIpc) is 2.62. The first-order valence-electron chi connectivity index (χ1n) is 8.94. The molecule has 0 amide bonds. The first-order valence-corrected chi connectivity index (χ1v) is 10.2. The SMILES string of the molecule is CN=C(NCC(C)SC)N1CCC(OCC2CCCCO2)CC1. The van der Waals surface area contributed by atoms with Gasteiger partial charge in [0.1, 0.15) is 0 Å². The van der Waals surface area contributed by atoms with Crippen LogP contribution in [0.25, 0.3) is 0 Å². The highest BCUT2D eigenvalue weighted by Gasteiger charge is 2.23. The Morgan fingerprint density at radius 3 is 2.74 bits per heavy atom. The van der Waals surface area contributed by atoms with Crippen LogP contribution < -0.4 is 5.32 Å². The van der Waals surface area contributed by atoms with Crippen LogP contribution in [0.5, 0.6) is 0 Å². The van der Waals surface area contributed by atoms with Crippen LogP contribution >= 0.6 is 11.8 Å². The molecule has 2 aliphatic rings. The monoisotopic (exact) mass is 343 g/mol. The number of thioether (sulfide) groups is 1. The lowest BCUT2D eigenvalue weighted by atomic mass is 10.1. The molecular formula is C17H33N3O2S. The number of ether oxygens (including phenoxy) is 2. The average molecular weight is 344 g/mol. The second-order valence-corrected chi connectivity index (χ2v) is 7.76. The Labute approximate surface area is 145 Å². The largest absolute Gasteiger partial charge is 0.376 e. The smallest absolute Gasteiger partial charge is 0.193 e. The first-order chi connectivity index (χ1) is 11.2. The van der Waals surface area contributed by atoms with Crippen molar-refractivity contribution in [3.05, 3.63) is 0 Å². The molecule has 2 atom stereocenters. The fourth-order valence-corrected chi connectivity index (χ4v) is 3.32. The van der Waals surface area contributed by atoms with E-state index in [0.29, 0.717) is 17.5 Å². The van der Waals surface area contributed by atoms with Crippen LogP contribution in [0.2, 0.25) is 0 Å². The zero-order valence-electron chi connectivity index (χ0n) is 14.9. The first kappa shape index (κ1) is 18.9. The third-order valence-electron chi connectivity index (χ3n) is 4.70. The van der Waals surface area contributed by atoms with E-state index in [9.17, 15) is 0 Å². The van der Waals surface area contributed by atoms with Gasteiger partial charge in [0, 0.05) is 38.5 Å². The van der Waals surface area contributed by atoms with E-state index in [1.165, 1.54) is 12.8 Å². The second-order valence-electron chi connectivity index (χ2n) is 6.48. The van der Waals surface area contributed by atoms with Crippen LogP contribution in [0, 0.1) is 0 Å². The number of hydrogen-bond acceptors (Lipinski definition) is 4. The fraction of sp³-hybridized carbons (Fsp3) is 0.941. The van der Waals surface area contributed by atoms with Crippen molar-refractivity contribution in [1.29, 1.82) is 0 Å². The van der Waals surface area contributed by atoms with Crippen LogP contribution in [-0.4, -0.2) is 74.5 Å². The molecule has 2 fully saturated rings. The van der Waals surface area contributed by atoms with E-state index in [4.69, 9.17) is 9.47 Å². The highest BCUT2D eigenvalue weighted by Crippen LogP contribution is 2.18. The molecular weight excluding hydrogens is 310 g/mol. The van der Waals surface area contributed by atoms with E-state index < -0.39 is 0 Å². The van der Waals surface area contributed by atoms with Gasteiger partial charge in [0.2, 0.25) is 0 Å². The van der Waals surface area contributed by atoms with Crippen LogP contribution in [0.3, 0.4) is 0 Å². The minimum atomic E-state index is 0.323. The Morgan fingerprint density at radius 1 is 1.35 bits per heavy atom. The van der Waals surface area contributed by atoms with Crippen molar-refractivity contribution >= 4 is 17.7 Å². The minimum Gasteiger partial charge on any atom is -0.376 e. The molecule has 0 bridgehead atoms.